The lowest BCUT2D eigenvalue weighted by molar-refractivity contribution is -0.116. The third-order valence-corrected chi connectivity index (χ3v) is 5.65. The van der Waals surface area contributed by atoms with Crippen LogP contribution in [0.5, 0.6) is 0 Å². The quantitative estimate of drug-likeness (QED) is 0.648. The van der Waals surface area contributed by atoms with E-state index in [1.807, 2.05) is 19.1 Å². The number of Topliss-reactive ketones (excluding diaryl/α,β-unsaturated/α-hetero) is 1. The van der Waals surface area contributed by atoms with Crippen molar-refractivity contribution in [3.05, 3.63) is 58.1 Å². The predicted molar refractivity (Wildman–Crippen MR) is 104 cm³/mol. The average Bonchev–Trinajstić information content (AvgIpc) is 2.57. The molecule has 2 rings (SSSR count). The molecule has 138 valence electrons. The maximum Gasteiger partial charge on any atom is 0.240 e. The van der Waals surface area contributed by atoms with Crippen molar-refractivity contribution < 1.29 is 18.0 Å². The number of ketones is 1. The highest BCUT2D eigenvalue weighted by Gasteiger charge is 2.15. The third kappa shape index (κ3) is 5.48. The number of carbonyl (C=O) groups excluding carboxylic acids is 2. The fourth-order valence-corrected chi connectivity index (χ4v) is 3.74. The van der Waals surface area contributed by atoms with E-state index >= 15 is 0 Å². The molecule has 0 unspecified atom stereocenters. The topological polar surface area (TPSA) is 92.3 Å². The number of halogens is 1. The van der Waals surface area contributed by atoms with Crippen LogP contribution in [-0.4, -0.2) is 26.7 Å². The zero-order chi connectivity index (χ0) is 19.3. The first-order valence-electron chi connectivity index (χ1n) is 7.86. The number of nitrogens with one attached hydrogen (secondary N) is 2. The van der Waals surface area contributed by atoms with Crippen molar-refractivity contribution in [2.45, 2.75) is 25.2 Å². The first-order chi connectivity index (χ1) is 12.2. The van der Waals surface area contributed by atoms with E-state index in [-0.39, 0.29) is 29.6 Å². The summed E-state index contributed by atoms with van der Waals surface area (Å²) in [6, 6.07) is 11.1. The summed E-state index contributed by atoms with van der Waals surface area (Å²) in [6.45, 7) is 3.25. The van der Waals surface area contributed by atoms with E-state index in [2.05, 4.69) is 26.0 Å². The highest BCUT2D eigenvalue weighted by Crippen LogP contribution is 2.20. The lowest BCUT2D eigenvalue weighted by atomic mass is 10.2. The molecule has 2 aromatic rings. The van der Waals surface area contributed by atoms with Crippen molar-refractivity contribution in [2.75, 3.05) is 11.9 Å². The summed E-state index contributed by atoms with van der Waals surface area (Å²) in [7, 11) is -3.73. The minimum absolute atomic E-state index is 0.000261. The molecule has 0 aliphatic heterocycles. The summed E-state index contributed by atoms with van der Waals surface area (Å²) in [5.74, 6) is -0.424. The predicted octanol–water partition coefficient (Wildman–Crippen LogP) is 3.27. The number of hydrogen-bond donors (Lipinski definition) is 2. The maximum atomic E-state index is 12.2. The number of sulfonamides is 1. The zero-order valence-electron chi connectivity index (χ0n) is 14.4. The fourth-order valence-electron chi connectivity index (χ4n) is 2.23. The Kier molecular flexibility index (Phi) is 6.69. The Balaban J connectivity index is 1.91. The Labute approximate surface area is 161 Å². The van der Waals surface area contributed by atoms with Crippen molar-refractivity contribution >= 4 is 43.3 Å². The van der Waals surface area contributed by atoms with Crippen LogP contribution in [0.3, 0.4) is 0 Å². The molecular formula is C18H19BrN2O4S. The number of anilines is 1. The van der Waals surface area contributed by atoms with Gasteiger partial charge in [0, 0.05) is 28.7 Å². The van der Waals surface area contributed by atoms with E-state index in [9.17, 15) is 18.0 Å². The molecule has 0 radical (unpaired) electrons. The van der Waals surface area contributed by atoms with Gasteiger partial charge in [-0.25, -0.2) is 13.1 Å². The van der Waals surface area contributed by atoms with Gasteiger partial charge in [-0.1, -0.05) is 28.1 Å². The van der Waals surface area contributed by atoms with Gasteiger partial charge in [0.25, 0.3) is 0 Å². The number of aryl methyl sites for hydroxylation is 1. The van der Waals surface area contributed by atoms with Crippen LogP contribution in [0, 0.1) is 6.92 Å². The lowest BCUT2D eigenvalue weighted by Crippen LogP contribution is -2.28. The van der Waals surface area contributed by atoms with Gasteiger partial charge in [0.2, 0.25) is 15.9 Å². The Morgan fingerprint density at radius 2 is 1.73 bits per heavy atom. The highest BCUT2D eigenvalue weighted by atomic mass is 79.9. The molecular weight excluding hydrogens is 420 g/mol. The van der Waals surface area contributed by atoms with Gasteiger partial charge in [-0.05, 0) is 49.7 Å². The Hall–Kier alpha value is -2.03. The monoisotopic (exact) mass is 438 g/mol. The van der Waals surface area contributed by atoms with E-state index in [1.54, 1.807) is 6.07 Å². The van der Waals surface area contributed by atoms with Crippen LogP contribution in [0.25, 0.3) is 0 Å². The second-order valence-electron chi connectivity index (χ2n) is 5.74. The van der Waals surface area contributed by atoms with Crippen LogP contribution >= 0.6 is 15.9 Å². The van der Waals surface area contributed by atoms with Crippen LogP contribution in [0.15, 0.2) is 51.8 Å². The van der Waals surface area contributed by atoms with Gasteiger partial charge in [-0.3, -0.25) is 9.59 Å². The number of rotatable bonds is 7. The molecule has 2 N–H and O–H groups in total. The summed E-state index contributed by atoms with van der Waals surface area (Å²) < 4.78 is 27.7. The number of hydrogen-bond acceptors (Lipinski definition) is 4. The molecule has 0 atom stereocenters. The zero-order valence-corrected chi connectivity index (χ0v) is 16.8. The first-order valence-corrected chi connectivity index (χ1v) is 10.1. The fraction of sp³-hybridized carbons (Fsp3) is 0.222. The summed E-state index contributed by atoms with van der Waals surface area (Å²) in [5.41, 5.74) is 2.02. The molecule has 0 aliphatic carbocycles. The van der Waals surface area contributed by atoms with Crippen molar-refractivity contribution in [1.82, 2.24) is 4.72 Å². The van der Waals surface area contributed by atoms with Gasteiger partial charge in [-0.15, -0.1) is 0 Å². The maximum absolute atomic E-state index is 12.2. The second-order valence-corrected chi connectivity index (χ2v) is 8.42. The molecule has 1 amide bonds. The molecule has 8 heteroatoms. The third-order valence-electron chi connectivity index (χ3n) is 3.68. The van der Waals surface area contributed by atoms with E-state index in [1.165, 1.54) is 31.2 Å². The van der Waals surface area contributed by atoms with E-state index < -0.39 is 10.0 Å². The van der Waals surface area contributed by atoms with Gasteiger partial charge >= 0.3 is 0 Å². The van der Waals surface area contributed by atoms with Gasteiger partial charge in [0.05, 0.1) is 4.90 Å². The summed E-state index contributed by atoms with van der Waals surface area (Å²) >= 11 is 3.35. The van der Waals surface area contributed by atoms with E-state index in [0.717, 1.165) is 10.0 Å². The van der Waals surface area contributed by atoms with Crippen LogP contribution in [0.4, 0.5) is 5.69 Å². The normalized spacial score (nSPS) is 11.2. The Morgan fingerprint density at radius 1 is 1.08 bits per heavy atom. The minimum Gasteiger partial charge on any atom is -0.326 e. The molecule has 26 heavy (non-hydrogen) atoms. The lowest BCUT2D eigenvalue weighted by Gasteiger charge is -2.10. The first kappa shape index (κ1) is 20.3. The Morgan fingerprint density at radius 3 is 2.31 bits per heavy atom. The number of carbonyl (C=O) groups is 2. The smallest absolute Gasteiger partial charge is 0.240 e. The summed E-state index contributed by atoms with van der Waals surface area (Å²) in [6.07, 6.45) is 0.000261. The van der Waals surface area contributed by atoms with Crippen LogP contribution < -0.4 is 10.0 Å². The number of amides is 1. The van der Waals surface area contributed by atoms with Crippen LogP contribution in [-0.2, 0) is 14.8 Å². The van der Waals surface area contributed by atoms with Crippen LogP contribution in [0.2, 0.25) is 0 Å². The highest BCUT2D eigenvalue weighted by molar-refractivity contribution is 9.10. The molecule has 2 aromatic carbocycles. The van der Waals surface area contributed by atoms with Crippen LogP contribution in [0.1, 0.15) is 29.3 Å². The molecule has 6 nitrogen and oxygen atoms in total. The Bertz CT molecular complexity index is 925. The number of benzene rings is 2. The molecule has 0 spiro atoms. The minimum atomic E-state index is -3.73. The van der Waals surface area contributed by atoms with E-state index in [0.29, 0.717) is 11.3 Å². The van der Waals surface area contributed by atoms with Crippen molar-refractivity contribution in [3.8, 4) is 0 Å². The molecule has 0 aliphatic rings. The van der Waals surface area contributed by atoms with Crippen molar-refractivity contribution in [1.29, 1.82) is 0 Å². The molecule has 0 bridgehead atoms. The molecule has 0 heterocycles. The van der Waals surface area contributed by atoms with Gasteiger partial charge in [0.1, 0.15) is 0 Å². The standard InChI is InChI=1S/C18H19BrN2O4S/c1-12-11-15(19)5-8-17(12)21-18(23)9-10-20-26(24,25)16-6-3-14(4-7-16)13(2)22/h3-8,11,20H,9-10H2,1-2H3,(H,21,23). The molecule has 0 fully saturated rings. The second kappa shape index (κ2) is 8.57. The van der Waals surface area contributed by atoms with E-state index in [4.69, 9.17) is 0 Å². The molecule has 0 saturated heterocycles. The van der Waals surface area contributed by atoms with Crippen molar-refractivity contribution in [2.24, 2.45) is 0 Å². The molecule has 0 aromatic heterocycles. The van der Waals surface area contributed by atoms with Gasteiger partial charge in [0.15, 0.2) is 5.78 Å². The summed E-state index contributed by atoms with van der Waals surface area (Å²) in [4.78, 5) is 23.3. The van der Waals surface area contributed by atoms with Gasteiger partial charge < -0.3 is 5.32 Å². The summed E-state index contributed by atoms with van der Waals surface area (Å²) in [5, 5.41) is 2.75. The van der Waals surface area contributed by atoms with Gasteiger partial charge in [-0.2, -0.15) is 0 Å². The SMILES string of the molecule is CC(=O)c1ccc(S(=O)(=O)NCCC(=O)Nc2ccc(Br)cc2C)cc1. The average molecular weight is 439 g/mol. The molecule has 0 saturated carbocycles. The largest absolute Gasteiger partial charge is 0.326 e. The van der Waals surface area contributed by atoms with Crippen molar-refractivity contribution in [3.63, 3.8) is 0 Å².